The van der Waals surface area contributed by atoms with E-state index in [0.29, 0.717) is 0 Å². The molecule has 0 spiro atoms. The van der Waals surface area contributed by atoms with Crippen molar-refractivity contribution in [1.29, 1.82) is 5.26 Å². The van der Waals surface area contributed by atoms with Crippen molar-refractivity contribution in [3.8, 4) is 6.07 Å². The largest absolute Gasteiger partial charge is 0.308 e. The van der Waals surface area contributed by atoms with Crippen LogP contribution >= 0.6 is 11.3 Å². The van der Waals surface area contributed by atoms with Gasteiger partial charge in [0, 0.05) is 35.1 Å². The van der Waals surface area contributed by atoms with Crippen LogP contribution in [0.2, 0.25) is 0 Å². The molecule has 0 saturated carbocycles. The molecule has 0 aliphatic carbocycles. The zero-order chi connectivity index (χ0) is 10.5. The minimum Gasteiger partial charge on any atom is -0.308 e. The van der Waals surface area contributed by atoms with Crippen LogP contribution < -0.4 is 5.32 Å². The Bertz CT molecular complexity index is 452. The predicted octanol–water partition coefficient (Wildman–Crippen LogP) is 1.63. The number of rotatable bonds is 4. The van der Waals surface area contributed by atoms with E-state index < -0.39 is 0 Å². The van der Waals surface area contributed by atoms with E-state index in [0.717, 1.165) is 24.2 Å². The fourth-order valence-corrected chi connectivity index (χ4v) is 2.02. The molecule has 5 heteroatoms. The topological polar surface area (TPSA) is 64.5 Å². The highest BCUT2D eigenvalue weighted by Crippen LogP contribution is 2.13. The van der Waals surface area contributed by atoms with Crippen LogP contribution in [0.4, 0.5) is 0 Å². The zero-order valence-corrected chi connectivity index (χ0v) is 8.84. The second-order valence-corrected chi connectivity index (χ2v) is 4.12. The van der Waals surface area contributed by atoms with E-state index >= 15 is 0 Å². The molecule has 0 radical (unpaired) electrons. The van der Waals surface area contributed by atoms with E-state index in [4.69, 9.17) is 5.26 Å². The van der Waals surface area contributed by atoms with E-state index in [1.165, 1.54) is 4.88 Å². The third-order valence-electron chi connectivity index (χ3n) is 1.97. The fraction of sp³-hybridized carbons (Fsp3) is 0.200. The molecule has 2 aromatic heterocycles. The molecule has 0 atom stereocenters. The maximum Gasteiger partial charge on any atom is 0.100 e. The number of nitrogens with one attached hydrogen (secondary N) is 2. The summed E-state index contributed by atoms with van der Waals surface area (Å²) < 4.78 is 0. The molecule has 76 valence electrons. The minimum absolute atomic E-state index is 0.736. The lowest BCUT2D eigenvalue weighted by molar-refractivity contribution is 0.701. The van der Waals surface area contributed by atoms with Crippen LogP contribution in [0.1, 0.15) is 16.0 Å². The molecule has 4 nitrogen and oxygen atoms in total. The zero-order valence-electron chi connectivity index (χ0n) is 8.03. The maximum absolute atomic E-state index is 8.65. The Morgan fingerprint density at radius 3 is 3.13 bits per heavy atom. The molecular formula is C10H10N4S. The van der Waals surface area contributed by atoms with Crippen molar-refractivity contribution < 1.29 is 0 Å². The molecule has 0 aromatic carbocycles. The lowest BCUT2D eigenvalue weighted by atomic mass is 10.3. The Morgan fingerprint density at radius 2 is 2.47 bits per heavy atom. The quantitative estimate of drug-likeness (QED) is 0.819. The van der Waals surface area contributed by atoms with Crippen molar-refractivity contribution in [1.82, 2.24) is 15.5 Å². The number of hydrogen-bond donors (Lipinski definition) is 2. The lowest BCUT2D eigenvalue weighted by Crippen LogP contribution is -2.11. The molecule has 0 fully saturated rings. The Balaban J connectivity index is 1.81. The van der Waals surface area contributed by atoms with Gasteiger partial charge in [0.2, 0.25) is 0 Å². The highest BCUT2D eigenvalue weighted by molar-refractivity contribution is 7.10. The second-order valence-electron chi connectivity index (χ2n) is 3.12. The highest BCUT2D eigenvalue weighted by Gasteiger charge is 1.99. The Morgan fingerprint density at radius 1 is 1.53 bits per heavy atom. The summed E-state index contributed by atoms with van der Waals surface area (Å²) in [6.45, 7) is 1.58. The van der Waals surface area contributed by atoms with Gasteiger partial charge < -0.3 is 5.32 Å². The normalized spacial score (nSPS) is 10.1. The summed E-state index contributed by atoms with van der Waals surface area (Å²) in [5.74, 6) is 0. The summed E-state index contributed by atoms with van der Waals surface area (Å²) in [6.07, 6.45) is 3.66. The third kappa shape index (κ3) is 2.65. The number of H-pyrrole nitrogens is 1. The number of aromatic amines is 1. The highest BCUT2D eigenvalue weighted by atomic mass is 32.1. The molecule has 2 rings (SSSR count). The van der Waals surface area contributed by atoms with Gasteiger partial charge >= 0.3 is 0 Å². The van der Waals surface area contributed by atoms with E-state index in [9.17, 15) is 0 Å². The molecule has 0 aliphatic rings. The van der Waals surface area contributed by atoms with Gasteiger partial charge in [-0.1, -0.05) is 0 Å². The first-order valence-corrected chi connectivity index (χ1v) is 5.42. The van der Waals surface area contributed by atoms with Gasteiger partial charge in [-0.25, -0.2) is 0 Å². The Hall–Kier alpha value is -1.64. The van der Waals surface area contributed by atoms with E-state index in [-0.39, 0.29) is 0 Å². The molecule has 2 heterocycles. The summed E-state index contributed by atoms with van der Waals surface area (Å²) in [5.41, 5.74) is 1.87. The first kappa shape index (κ1) is 9.90. The summed E-state index contributed by atoms with van der Waals surface area (Å²) >= 11 is 1.60. The predicted molar refractivity (Wildman–Crippen MR) is 58.2 cm³/mol. The molecule has 0 saturated heterocycles. The summed E-state index contributed by atoms with van der Waals surface area (Å²) in [4.78, 5) is 1.18. The fourth-order valence-electron chi connectivity index (χ4n) is 1.24. The van der Waals surface area contributed by atoms with Crippen LogP contribution in [0, 0.1) is 11.3 Å². The number of hydrogen-bond acceptors (Lipinski definition) is 4. The number of nitriles is 1. The van der Waals surface area contributed by atoms with Crippen LogP contribution in [0.3, 0.4) is 0 Å². The molecule has 0 unspecified atom stereocenters. The van der Waals surface area contributed by atoms with E-state index in [2.05, 4.69) is 21.6 Å². The smallest absolute Gasteiger partial charge is 0.100 e. The van der Waals surface area contributed by atoms with Crippen LogP contribution in [0.25, 0.3) is 0 Å². The van der Waals surface area contributed by atoms with Crippen molar-refractivity contribution in [3.05, 3.63) is 39.8 Å². The lowest BCUT2D eigenvalue weighted by Gasteiger charge is -1.99. The Labute approximate surface area is 91.6 Å². The summed E-state index contributed by atoms with van der Waals surface area (Å²) in [7, 11) is 0. The summed E-state index contributed by atoms with van der Waals surface area (Å²) in [5, 5.41) is 20.4. The van der Waals surface area contributed by atoms with Gasteiger partial charge in [-0.05, 0) is 6.07 Å². The van der Waals surface area contributed by atoms with Crippen molar-refractivity contribution in [2.24, 2.45) is 0 Å². The molecular weight excluding hydrogens is 208 g/mol. The van der Waals surface area contributed by atoms with Gasteiger partial charge in [-0.2, -0.15) is 10.4 Å². The van der Waals surface area contributed by atoms with Crippen LogP contribution in [-0.2, 0) is 13.1 Å². The molecule has 15 heavy (non-hydrogen) atoms. The van der Waals surface area contributed by atoms with Crippen molar-refractivity contribution in [2.45, 2.75) is 13.1 Å². The van der Waals surface area contributed by atoms with E-state index in [1.807, 2.05) is 17.6 Å². The van der Waals surface area contributed by atoms with Crippen LogP contribution in [0.15, 0.2) is 23.8 Å². The molecule has 2 N–H and O–H groups in total. The SMILES string of the molecule is N#Cc1csc(CNCc2cn[nH]c2)c1. The molecule has 0 aliphatic heterocycles. The first-order valence-electron chi connectivity index (χ1n) is 4.54. The third-order valence-corrected chi connectivity index (χ3v) is 2.90. The molecule has 0 bridgehead atoms. The van der Waals surface area contributed by atoms with Gasteiger partial charge in [-0.3, -0.25) is 5.10 Å². The van der Waals surface area contributed by atoms with Gasteiger partial charge in [0.05, 0.1) is 11.8 Å². The maximum atomic E-state index is 8.65. The average Bonchev–Trinajstić information content (AvgIpc) is 2.88. The van der Waals surface area contributed by atoms with Gasteiger partial charge in [-0.15, -0.1) is 11.3 Å². The Kier molecular flexibility index (Phi) is 3.12. The van der Waals surface area contributed by atoms with Gasteiger partial charge in [0.1, 0.15) is 6.07 Å². The van der Waals surface area contributed by atoms with Crippen LogP contribution in [-0.4, -0.2) is 10.2 Å². The number of thiophene rings is 1. The molecule has 2 aromatic rings. The van der Waals surface area contributed by atoms with Crippen LogP contribution in [0.5, 0.6) is 0 Å². The number of nitrogens with zero attached hydrogens (tertiary/aromatic N) is 2. The minimum atomic E-state index is 0.736. The molecule has 0 amide bonds. The van der Waals surface area contributed by atoms with E-state index in [1.54, 1.807) is 17.5 Å². The van der Waals surface area contributed by atoms with Crippen molar-refractivity contribution >= 4 is 11.3 Å². The average molecular weight is 218 g/mol. The van der Waals surface area contributed by atoms with Crippen molar-refractivity contribution in [2.75, 3.05) is 0 Å². The monoisotopic (exact) mass is 218 g/mol. The van der Waals surface area contributed by atoms with Gasteiger partial charge in [0.15, 0.2) is 0 Å². The van der Waals surface area contributed by atoms with Gasteiger partial charge in [0.25, 0.3) is 0 Å². The second kappa shape index (κ2) is 4.73. The van der Waals surface area contributed by atoms with Crippen molar-refractivity contribution in [3.63, 3.8) is 0 Å². The standard InChI is InChI=1S/C10H10N4S/c11-2-8-1-10(15-7-8)6-12-3-9-4-13-14-5-9/h1,4-5,7,12H,3,6H2,(H,13,14). The summed E-state index contributed by atoms with van der Waals surface area (Å²) in [6, 6.07) is 4.03. The first-order chi connectivity index (χ1) is 7.38. The number of aromatic nitrogens is 2.